The molecule has 7 nitrogen and oxygen atoms in total. The zero-order chi connectivity index (χ0) is 15.1. The molecule has 1 heterocycles. The van der Waals surface area contributed by atoms with Gasteiger partial charge in [-0.3, -0.25) is 4.79 Å². The van der Waals surface area contributed by atoms with E-state index in [-0.39, 0.29) is 18.7 Å². The molecule has 0 aliphatic rings. The largest absolute Gasteiger partial charge is 0.389 e. The van der Waals surface area contributed by atoms with Crippen LogP contribution in [0.1, 0.15) is 0 Å². The summed E-state index contributed by atoms with van der Waals surface area (Å²) in [4.78, 5) is 14.1. The molecule has 0 saturated heterocycles. The maximum absolute atomic E-state index is 12.1. The first kappa shape index (κ1) is 17.1. The van der Waals surface area contributed by atoms with Gasteiger partial charge in [0.2, 0.25) is 0 Å². The topological polar surface area (TPSA) is 79.6 Å². The van der Waals surface area contributed by atoms with Crippen LogP contribution >= 0.6 is 15.9 Å². The molecule has 0 bridgehead atoms. The number of hydrogen-bond acceptors (Lipinski definition) is 6. The summed E-state index contributed by atoms with van der Waals surface area (Å²) in [5.74, 6) is 0. The highest BCUT2D eigenvalue weighted by atomic mass is 79.9. The van der Waals surface area contributed by atoms with Crippen molar-refractivity contribution in [2.45, 2.75) is 12.6 Å². The van der Waals surface area contributed by atoms with E-state index in [0.717, 1.165) is 6.54 Å². The van der Waals surface area contributed by atoms with Gasteiger partial charge in [0.25, 0.3) is 5.56 Å². The number of anilines is 1. The molecule has 1 unspecified atom stereocenters. The van der Waals surface area contributed by atoms with Gasteiger partial charge in [-0.2, -0.15) is 5.10 Å². The van der Waals surface area contributed by atoms with Crippen LogP contribution in [0.2, 0.25) is 0 Å². The number of hydrogen-bond donors (Lipinski definition) is 2. The number of aliphatic hydroxyl groups is 1. The van der Waals surface area contributed by atoms with Crippen molar-refractivity contribution in [1.82, 2.24) is 14.7 Å². The highest BCUT2D eigenvalue weighted by Crippen LogP contribution is 2.15. The van der Waals surface area contributed by atoms with Crippen LogP contribution in [0.5, 0.6) is 0 Å². The van der Waals surface area contributed by atoms with E-state index in [0.29, 0.717) is 16.7 Å². The Morgan fingerprint density at radius 2 is 2.30 bits per heavy atom. The molecule has 0 fully saturated rings. The van der Waals surface area contributed by atoms with Crippen molar-refractivity contribution in [3.63, 3.8) is 0 Å². The van der Waals surface area contributed by atoms with E-state index >= 15 is 0 Å². The Morgan fingerprint density at radius 3 is 2.90 bits per heavy atom. The highest BCUT2D eigenvalue weighted by Gasteiger charge is 2.10. The Labute approximate surface area is 126 Å². The summed E-state index contributed by atoms with van der Waals surface area (Å²) in [7, 11) is 5.40. The van der Waals surface area contributed by atoms with Crippen molar-refractivity contribution in [1.29, 1.82) is 0 Å². The fraction of sp³-hybridized carbons (Fsp3) is 0.667. The molecule has 0 radical (unpaired) electrons. The predicted octanol–water partition coefficient (Wildman–Crippen LogP) is -0.0134. The van der Waals surface area contributed by atoms with Crippen LogP contribution in [0.4, 0.5) is 5.69 Å². The Kier molecular flexibility index (Phi) is 7.14. The van der Waals surface area contributed by atoms with Crippen molar-refractivity contribution in [2.24, 2.45) is 0 Å². The van der Waals surface area contributed by atoms with Gasteiger partial charge in [0, 0.05) is 20.2 Å². The van der Waals surface area contributed by atoms with Crippen molar-refractivity contribution in [2.75, 3.05) is 46.2 Å². The zero-order valence-corrected chi connectivity index (χ0v) is 13.6. The van der Waals surface area contributed by atoms with E-state index in [2.05, 4.69) is 26.3 Å². The number of methoxy groups -OCH3 is 1. The smallest absolute Gasteiger partial charge is 0.283 e. The van der Waals surface area contributed by atoms with Crippen LogP contribution in [-0.4, -0.2) is 66.8 Å². The summed E-state index contributed by atoms with van der Waals surface area (Å²) in [5.41, 5.74) is 0.365. The molecule has 0 saturated carbocycles. The first-order valence-corrected chi connectivity index (χ1v) is 7.06. The zero-order valence-electron chi connectivity index (χ0n) is 12.0. The Morgan fingerprint density at radius 1 is 1.60 bits per heavy atom. The molecule has 1 atom stereocenters. The summed E-state index contributed by atoms with van der Waals surface area (Å²) in [5, 5.41) is 16.6. The van der Waals surface area contributed by atoms with E-state index in [1.165, 1.54) is 11.8 Å². The quantitative estimate of drug-likeness (QED) is 0.687. The Bertz CT molecular complexity index is 478. The first-order chi connectivity index (χ1) is 9.45. The minimum Gasteiger partial charge on any atom is -0.389 e. The molecule has 8 heteroatoms. The van der Waals surface area contributed by atoms with Crippen LogP contribution < -0.4 is 10.9 Å². The van der Waals surface area contributed by atoms with E-state index in [9.17, 15) is 9.90 Å². The van der Waals surface area contributed by atoms with Gasteiger partial charge in [-0.1, -0.05) is 0 Å². The number of aromatic nitrogens is 2. The third-order valence-corrected chi connectivity index (χ3v) is 3.40. The predicted molar refractivity (Wildman–Crippen MR) is 81.1 cm³/mol. The third kappa shape index (κ3) is 5.20. The molecular weight excluding hydrogens is 328 g/mol. The Hall–Kier alpha value is -0.960. The van der Waals surface area contributed by atoms with Gasteiger partial charge in [0.05, 0.1) is 31.1 Å². The lowest BCUT2D eigenvalue weighted by Gasteiger charge is -2.14. The fourth-order valence-electron chi connectivity index (χ4n) is 1.52. The highest BCUT2D eigenvalue weighted by molar-refractivity contribution is 9.10. The van der Waals surface area contributed by atoms with Crippen LogP contribution in [0, 0.1) is 0 Å². The molecule has 114 valence electrons. The average molecular weight is 349 g/mol. The number of ether oxygens (including phenoxy) is 1. The van der Waals surface area contributed by atoms with E-state index in [4.69, 9.17) is 4.74 Å². The molecule has 0 aliphatic carbocycles. The minimum atomic E-state index is -0.636. The van der Waals surface area contributed by atoms with E-state index in [1.54, 1.807) is 6.20 Å². The number of nitrogens with one attached hydrogen (secondary N) is 1. The van der Waals surface area contributed by atoms with Crippen LogP contribution in [0.25, 0.3) is 0 Å². The van der Waals surface area contributed by atoms with Crippen LogP contribution in [0.3, 0.4) is 0 Å². The molecule has 1 rings (SSSR count). The maximum atomic E-state index is 12.1. The van der Waals surface area contributed by atoms with Gasteiger partial charge >= 0.3 is 0 Å². The van der Waals surface area contributed by atoms with Gasteiger partial charge in [0.1, 0.15) is 4.47 Å². The number of likely N-dealkylation sites (N-methyl/N-ethyl adjacent to an activating group) is 1. The molecule has 0 aromatic carbocycles. The van der Waals surface area contributed by atoms with Gasteiger partial charge in [-0.25, -0.2) is 4.68 Å². The summed E-state index contributed by atoms with van der Waals surface area (Å²) in [6.45, 7) is 1.78. The van der Waals surface area contributed by atoms with Crippen molar-refractivity contribution >= 4 is 21.6 Å². The van der Waals surface area contributed by atoms with E-state index < -0.39 is 6.10 Å². The minimum absolute atomic E-state index is 0.196. The molecule has 20 heavy (non-hydrogen) atoms. The standard InChI is InChI=1S/C12H21BrN4O3/c1-16(2)4-5-17-12(19)11(13)10(7-15-17)14-6-9(18)8-20-3/h7,9,14,18H,4-6,8H2,1-3H3. The molecule has 1 aromatic heterocycles. The van der Waals surface area contributed by atoms with Gasteiger partial charge in [-0.05, 0) is 30.0 Å². The average Bonchev–Trinajstić information content (AvgIpc) is 2.39. The molecule has 0 aliphatic heterocycles. The van der Waals surface area contributed by atoms with Gasteiger partial charge in [0.15, 0.2) is 0 Å². The maximum Gasteiger partial charge on any atom is 0.283 e. The molecule has 1 aromatic rings. The molecular formula is C12H21BrN4O3. The summed E-state index contributed by atoms with van der Waals surface area (Å²) in [6, 6.07) is 0. The number of rotatable bonds is 8. The first-order valence-electron chi connectivity index (χ1n) is 6.27. The SMILES string of the molecule is COCC(O)CNc1cnn(CCN(C)C)c(=O)c1Br. The summed E-state index contributed by atoms with van der Waals surface area (Å²) < 4.78 is 6.65. The van der Waals surface area contributed by atoms with Gasteiger partial charge < -0.3 is 20.1 Å². The van der Waals surface area contributed by atoms with E-state index in [1.807, 2.05) is 19.0 Å². The summed E-state index contributed by atoms with van der Waals surface area (Å²) in [6.07, 6.45) is 0.934. The molecule has 0 amide bonds. The summed E-state index contributed by atoms with van der Waals surface area (Å²) >= 11 is 3.26. The third-order valence-electron chi connectivity index (χ3n) is 2.63. The second-order valence-corrected chi connectivity index (χ2v) is 5.49. The van der Waals surface area contributed by atoms with Crippen LogP contribution in [0.15, 0.2) is 15.5 Å². The lowest BCUT2D eigenvalue weighted by molar-refractivity contribution is 0.0727. The Balaban J connectivity index is 2.71. The fourth-order valence-corrected chi connectivity index (χ4v) is 1.97. The normalized spacial score (nSPS) is 12.7. The second-order valence-electron chi connectivity index (χ2n) is 4.69. The monoisotopic (exact) mass is 348 g/mol. The molecule has 0 spiro atoms. The van der Waals surface area contributed by atoms with Crippen molar-refractivity contribution < 1.29 is 9.84 Å². The molecule has 2 N–H and O–H groups in total. The van der Waals surface area contributed by atoms with Gasteiger partial charge in [-0.15, -0.1) is 0 Å². The second kappa shape index (κ2) is 8.35. The number of aliphatic hydroxyl groups excluding tert-OH is 1. The lowest BCUT2D eigenvalue weighted by Crippen LogP contribution is -2.30. The van der Waals surface area contributed by atoms with Crippen molar-refractivity contribution in [3.8, 4) is 0 Å². The van der Waals surface area contributed by atoms with Crippen molar-refractivity contribution in [3.05, 3.63) is 21.0 Å². The number of halogens is 1. The number of nitrogens with zero attached hydrogens (tertiary/aromatic N) is 3. The lowest BCUT2D eigenvalue weighted by atomic mass is 10.3. The van der Waals surface area contributed by atoms with Crippen LogP contribution in [-0.2, 0) is 11.3 Å².